The van der Waals surface area contributed by atoms with Gasteiger partial charge in [-0.2, -0.15) is 5.26 Å². The topological polar surface area (TPSA) is 124 Å². The Bertz CT molecular complexity index is 1020. The lowest BCUT2D eigenvalue weighted by atomic mass is 9.80. The lowest BCUT2D eigenvalue weighted by molar-refractivity contribution is 0.291. The molecule has 0 aliphatic rings. The lowest BCUT2D eigenvalue weighted by Crippen LogP contribution is -2.26. The van der Waals surface area contributed by atoms with Gasteiger partial charge in [-0.25, -0.2) is 13.6 Å². The average Bonchev–Trinajstić information content (AvgIpc) is 2.77. The molecule has 8 nitrogen and oxygen atoms in total. The fourth-order valence-corrected chi connectivity index (χ4v) is 3.89. The van der Waals surface area contributed by atoms with Crippen LogP contribution in [-0.4, -0.2) is 42.3 Å². The predicted octanol–water partition coefficient (Wildman–Crippen LogP) is 2.58. The molecule has 0 saturated heterocycles. The van der Waals surface area contributed by atoms with Gasteiger partial charge < -0.3 is 19.5 Å². The van der Waals surface area contributed by atoms with Crippen LogP contribution in [0.25, 0.3) is 0 Å². The van der Waals surface area contributed by atoms with Crippen LogP contribution in [-0.2, 0) is 15.4 Å². The fourth-order valence-electron chi connectivity index (χ4n) is 3.17. The first-order chi connectivity index (χ1) is 14.7. The Labute approximate surface area is 184 Å². The van der Waals surface area contributed by atoms with E-state index in [1.807, 2.05) is 24.3 Å². The van der Waals surface area contributed by atoms with E-state index in [-0.39, 0.29) is 10.6 Å². The Balaban J connectivity index is 1.88. The van der Waals surface area contributed by atoms with Gasteiger partial charge in [-0.3, -0.25) is 0 Å². The maximum Gasteiger partial charge on any atom is 0.241 e. The quantitative estimate of drug-likeness (QED) is 0.479. The van der Waals surface area contributed by atoms with Crippen LogP contribution in [0.1, 0.15) is 25.3 Å². The van der Waals surface area contributed by atoms with E-state index in [2.05, 4.69) is 11.4 Å². The highest BCUT2D eigenvalue weighted by Crippen LogP contribution is 2.33. The molecule has 0 radical (unpaired) electrons. The van der Waals surface area contributed by atoms with E-state index in [0.717, 1.165) is 6.42 Å². The molecule has 0 saturated carbocycles. The van der Waals surface area contributed by atoms with Crippen molar-refractivity contribution in [2.24, 2.45) is 5.14 Å². The number of hydrogen-bond acceptors (Lipinski definition) is 7. The fraction of sp³-hybridized carbons (Fsp3) is 0.409. The van der Waals surface area contributed by atoms with Crippen molar-refractivity contribution in [3.63, 3.8) is 0 Å². The third-order valence-corrected chi connectivity index (χ3v) is 5.92. The van der Waals surface area contributed by atoms with E-state index in [1.165, 1.54) is 19.2 Å². The highest BCUT2D eigenvalue weighted by atomic mass is 32.2. The van der Waals surface area contributed by atoms with Crippen molar-refractivity contribution in [3.05, 3.63) is 48.0 Å². The van der Waals surface area contributed by atoms with E-state index < -0.39 is 15.4 Å². The van der Waals surface area contributed by atoms with E-state index in [0.29, 0.717) is 43.2 Å². The SMILES string of the molecule is COc1ccccc1OCCNCCCC(C)(C#N)c1ccc(OC)c(S(N)(=O)=O)c1. The van der Waals surface area contributed by atoms with Gasteiger partial charge in [0.1, 0.15) is 17.3 Å². The smallest absolute Gasteiger partial charge is 0.241 e. The van der Waals surface area contributed by atoms with Crippen molar-refractivity contribution >= 4 is 10.0 Å². The number of benzene rings is 2. The summed E-state index contributed by atoms with van der Waals surface area (Å²) >= 11 is 0. The maximum absolute atomic E-state index is 11.9. The minimum absolute atomic E-state index is 0.124. The van der Waals surface area contributed by atoms with Gasteiger partial charge in [0.15, 0.2) is 11.5 Å². The summed E-state index contributed by atoms with van der Waals surface area (Å²) in [4.78, 5) is -0.124. The van der Waals surface area contributed by atoms with Gasteiger partial charge >= 0.3 is 0 Å². The van der Waals surface area contributed by atoms with Crippen molar-refractivity contribution < 1.29 is 22.6 Å². The summed E-state index contributed by atoms with van der Waals surface area (Å²) in [6.07, 6.45) is 1.26. The molecule has 9 heteroatoms. The summed E-state index contributed by atoms with van der Waals surface area (Å²) in [5, 5.41) is 18.3. The Hall–Kier alpha value is -2.80. The molecule has 3 N–H and O–H groups in total. The maximum atomic E-state index is 11.9. The largest absolute Gasteiger partial charge is 0.495 e. The molecule has 1 unspecified atom stereocenters. The minimum Gasteiger partial charge on any atom is -0.495 e. The molecule has 0 heterocycles. The Morgan fingerprint density at radius 2 is 1.74 bits per heavy atom. The van der Waals surface area contributed by atoms with Crippen LogP contribution < -0.4 is 24.7 Å². The summed E-state index contributed by atoms with van der Waals surface area (Å²) in [6, 6.07) is 14.4. The summed E-state index contributed by atoms with van der Waals surface area (Å²) < 4.78 is 39.8. The Morgan fingerprint density at radius 3 is 2.35 bits per heavy atom. The lowest BCUT2D eigenvalue weighted by Gasteiger charge is -2.23. The van der Waals surface area contributed by atoms with Crippen LogP contribution in [0.15, 0.2) is 47.4 Å². The molecule has 0 aromatic heterocycles. The first kappa shape index (κ1) is 24.5. The highest BCUT2D eigenvalue weighted by molar-refractivity contribution is 7.89. The number of nitrogens with two attached hydrogens (primary N) is 1. The van der Waals surface area contributed by atoms with E-state index in [4.69, 9.17) is 19.3 Å². The number of nitrogens with one attached hydrogen (secondary N) is 1. The van der Waals surface area contributed by atoms with E-state index in [9.17, 15) is 13.7 Å². The zero-order valence-corrected chi connectivity index (χ0v) is 18.9. The highest BCUT2D eigenvalue weighted by Gasteiger charge is 2.28. The average molecular weight is 448 g/mol. The molecule has 168 valence electrons. The second-order valence-corrected chi connectivity index (χ2v) is 8.74. The Kier molecular flexibility index (Phi) is 8.68. The first-order valence-corrected chi connectivity index (χ1v) is 11.4. The number of nitriles is 1. The second-order valence-electron chi connectivity index (χ2n) is 7.21. The van der Waals surface area contributed by atoms with Crippen molar-refractivity contribution in [3.8, 4) is 23.3 Å². The molecule has 0 aliphatic heterocycles. The molecule has 0 amide bonds. The number of hydrogen-bond donors (Lipinski definition) is 2. The monoisotopic (exact) mass is 447 g/mol. The van der Waals surface area contributed by atoms with Crippen LogP contribution >= 0.6 is 0 Å². The van der Waals surface area contributed by atoms with Gasteiger partial charge in [-0.05, 0) is 56.1 Å². The normalized spacial score (nSPS) is 13.1. The number of ether oxygens (including phenoxy) is 3. The molecule has 2 aromatic rings. The van der Waals surface area contributed by atoms with Crippen molar-refractivity contribution in [1.82, 2.24) is 5.32 Å². The van der Waals surface area contributed by atoms with Crippen LogP contribution in [0.4, 0.5) is 0 Å². The van der Waals surface area contributed by atoms with E-state index >= 15 is 0 Å². The molecule has 2 aromatic carbocycles. The number of nitrogens with zero attached hydrogens (tertiary/aromatic N) is 1. The Morgan fingerprint density at radius 1 is 1.06 bits per heavy atom. The molecule has 0 bridgehead atoms. The molecular formula is C22H29N3O5S. The molecule has 0 fully saturated rings. The molecule has 2 rings (SSSR count). The number of para-hydroxylation sites is 2. The second kappa shape index (κ2) is 11.0. The van der Waals surface area contributed by atoms with Gasteiger partial charge in [-0.15, -0.1) is 0 Å². The zero-order valence-electron chi connectivity index (χ0n) is 18.1. The van der Waals surface area contributed by atoms with Crippen molar-refractivity contribution in [2.45, 2.75) is 30.1 Å². The minimum atomic E-state index is -3.97. The molecule has 0 aliphatic carbocycles. The number of sulfonamides is 1. The molecular weight excluding hydrogens is 418 g/mol. The molecule has 31 heavy (non-hydrogen) atoms. The van der Waals surface area contributed by atoms with Gasteiger partial charge in [0.25, 0.3) is 0 Å². The third kappa shape index (κ3) is 6.59. The van der Waals surface area contributed by atoms with Crippen molar-refractivity contribution in [2.75, 3.05) is 33.9 Å². The van der Waals surface area contributed by atoms with E-state index in [1.54, 1.807) is 20.1 Å². The number of rotatable bonds is 12. The summed E-state index contributed by atoms with van der Waals surface area (Å²) in [6.45, 7) is 3.59. The van der Waals surface area contributed by atoms with Gasteiger partial charge in [0.05, 0.1) is 25.7 Å². The zero-order chi connectivity index (χ0) is 22.9. The summed E-state index contributed by atoms with van der Waals surface area (Å²) in [7, 11) is -1.000. The van der Waals surface area contributed by atoms with Crippen LogP contribution in [0.2, 0.25) is 0 Å². The predicted molar refractivity (Wildman–Crippen MR) is 118 cm³/mol. The third-order valence-electron chi connectivity index (χ3n) is 4.99. The molecule has 0 spiro atoms. The standard InChI is InChI=1S/C22H29N3O5S/c1-22(16-23,17-9-10-20(29-3)21(15-17)31(24,26)27)11-6-12-25-13-14-30-19-8-5-4-7-18(19)28-2/h4-5,7-10,15,25H,6,11-14H2,1-3H3,(H2,24,26,27). The number of primary sulfonamides is 1. The van der Waals surface area contributed by atoms with Gasteiger partial charge in [0, 0.05) is 6.54 Å². The van der Waals surface area contributed by atoms with Crippen molar-refractivity contribution in [1.29, 1.82) is 5.26 Å². The molecule has 1 atom stereocenters. The van der Waals surface area contributed by atoms with Crippen LogP contribution in [0.3, 0.4) is 0 Å². The van der Waals surface area contributed by atoms with Gasteiger partial charge in [-0.1, -0.05) is 18.2 Å². The van der Waals surface area contributed by atoms with Crippen LogP contribution in [0.5, 0.6) is 17.2 Å². The van der Waals surface area contributed by atoms with Gasteiger partial charge in [0.2, 0.25) is 10.0 Å². The number of methoxy groups -OCH3 is 2. The van der Waals surface area contributed by atoms with Crippen LogP contribution in [0, 0.1) is 11.3 Å². The summed E-state index contributed by atoms with van der Waals surface area (Å²) in [5.74, 6) is 1.53. The summed E-state index contributed by atoms with van der Waals surface area (Å²) in [5.41, 5.74) is -0.277. The first-order valence-electron chi connectivity index (χ1n) is 9.84.